The van der Waals surface area contributed by atoms with Gasteiger partial charge in [-0.15, -0.1) is 0 Å². The fourth-order valence-electron chi connectivity index (χ4n) is 3.34. The zero-order valence-electron chi connectivity index (χ0n) is 15.8. The highest BCUT2D eigenvalue weighted by molar-refractivity contribution is 7.89. The summed E-state index contributed by atoms with van der Waals surface area (Å²) in [5.74, 6) is 0.0807. The molecule has 146 valence electrons. The lowest BCUT2D eigenvalue weighted by Crippen LogP contribution is -2.37. The van der Waals surface area contributed by atoms with E-state index in [2.05, 4.69) is 11.2 Å². The Balaban J connectivity index is 1.58. The highest BCUT2D eigenvalue weighted by Crippen LogP contribution is 2.17. The first-order valence-corrected chi connectivity index (χ1v) is 10.6. The number of nitrogens with zero attached hydrogens (tertiary/aromatic N) is 4. The summed E-state index contributed by atoms with van der Waals surface area (Å²) in [6.07, 6.45) is 4.65. The molecule has 0 aliphatic carbocycles. The molecular weight excluding hydrogens is 364 g/mol. The van der Waals surface area contributed by atoms with Crippen molar-refractivity contribution in [1.82, 2.24) is 19.0 Å². The number of aromatic nitrogens is 2. The Morgan fingerprint density at radius 2 is 2.00 bits per heavy atom. The molecule has 0 bridgehead atoms. The van der Waals surface area contributed by atoms with Gasteiger partial charge in [0.2, 0.25) is 15.9 Å². The Labute approximate surface area is 160 Å². The van der Waals surface area contributed by atoms with Crippen molar-refractivity contribution in [3.05, 3.63) is 47.8 Å². The van der Waals surface area contributed by atoms with Crippen molar-refractivity contribution in [2.45, 2.75) is 31.1 Å². The van der Waals surface area contributed by atoms with Gasteiger partial charge in [-0.1, -0.05) is 29.8 Å². The van der Waals surface area contributed by atoms with E-state index in [0.717, 1.165) is 5.56 Å². The standard InChI is InChI=1S/C19H26N4O3S/c1-16-5-3-6-17(13-16)7-8-19(24)22-9-4-10-23(12-11-22)27(25,26)18-14-20-21(2)15-18/h3,5-6,13-15H,4,7-12H2,1-2H3. The molecule has 1 saturated heterocycles. The van der Waals surface area contributed by atoms with Crippen molar-refractivity contribution in [2.75, 3.05) is 26.2 Å². The molecule has 1 amide bonds. The summed E-state index contributed by atoms with van der Waals surface area (Å²) in [7, 11) is -1.87. The molecule has 1 aromatic carbocycles. The van der Waals surface area contributed by atoms with Gasteiger partial charge in [-0.05, 0) is 25.3 Å². The number of benzene rings is 1. The monoisotopic (exact) mass is 390 g/mol. The second kappa shape index (κ2) is 8.22. The van der Waals surface area contributed by atoms with Crippen LogP contribution in [0.15, 0.2) is 41.6 Å². The largest absolute Gasteiger partial charge is 0.341 e. The van der Waals surface area contributed by atoms with Crippen LogP contribution in [0.4, 0.5) is 0 Å². The van der Waals surface area contributed by atoms with Crippen LogP contribution in [0.3, 0.4) is 0 Å². The van der Waals surface area contributed by atoms with Crippen LogP contribution in [0, 0.1) is 6.92 Å². The maximum atomic E-state index is 12.7. The van der Waals surface area contributed by atoms with E-state index in [9.17, 15) is 13.2 Å². The third kappa shape index (κ3) is 4.75. The van der Waals surface area contributed by atoms with Crippen LogP contribution in [0.1, 0.15) is 24.0 Å². The highest BCUT2D eigenvalue weighted by Gasteiger charge is 2.29. The average Bonchev–Trinajstić information content (AvgIpc) is 2.92. The van der Waals surface area contributed by atoms with Gasteiger partial charge < -0.3 is 4.90 Å². The predicted molar refractivity (Wildman–Crippen MR) is 103 cm³/mol. The van der Waals surface area contributed by atoms with E-state index in [-0.39, 0.29) is 10.8 Å². The zero-order chi connectivity index (χ0) is 19.4. The fourth-order valence-corrected chi connectivity index (χ4v) is 4.80. The number of rotatable bonds is 5. The first-order chi connectivity index (χ1) is 12.9. The lowest BCUT2D eigenvalue weighted by Gasteiger charge is -2.21. The van der Waals surface area contributed by atoms with Gasteiger partial charge in [0, 0.05) is 45.8 Å². The molecule has 0 radical (unpaired) electrons. The highest BCUT2D eigenvalue weighted by atomic mass is 32.2. The molecule has 3 rings (SSSR count). The Bertz CT molecular complexity index is 907. The molecule has 1 fully saturated rings. The van der Waals surface area contributed by atoms with Crippen LogP contribution in [-0.4, -0.2) is 59.5 Å². The molecule has 7 nitrogen and oxygen atoms in total. The minimum absolute atomic E-state index is 0.0807. The minimum Gasteiger partial charge on any atom is -0.341 e. The predicted octanol–water partition coefficient (Wildman–Crippen LogP) is 1.58. The summed E-state index contributed by atoms with van der Waals surface area (Å²) >= 11 is 0. The van der Waals surface area contributed by atoms with E-state index in [4.69, 9.17) is 0 Å². The summed E-state index contributed by atoms with van der Waals surface area (Å²) in [6.45, 7) is 3.78. The van der Waals surface area contributed by atoms with Gasteiger partial charge in [0.15, 0.2) is 0 Å². The Hall–Kier alpha value is -2.19. The van der Waals surface area contributed by atoms with Crippen molar-refractivity contribution in [1.29, 1.82) is 0 Å². The van der Waals surface area contributed by atoms with Gasteiger partial charge >= 0.3 is 0 Å². The molecule has 1 aliphatic rings. The number of carbonyl (C=O) groups excluding carboxylic acids is 1. The molecule has 2 heterocycles. The number of amides is 1. The Morgan fingerprint density at radius 3 is 2.70 bits per heavy atom. The van der Waals surface area contributed by atoms with Crippen LogP contribution < -0.4 is 0 Å². The second-order valence-electron chi connectivity index (χ2n) is 6.98. The van der Waals surface area contributed by atoms with Crippen molar-refractivity contribution in [2.24, 2.45) is 7.05 Å². The summed E-state index contributed by atoms with van der Waals surface area (Å²) in [6, 6.07) is 8.17. The third-order valence-electron chi connectivity index (χ3n) is 4.84. The summed E-state index contributed by atoms with van der Waals surface area (Å²) in [4.78, 5) is 14.6. The summed E-state index contributed by atoms with van der Waals surface area (Å²) < 4.78 is 28.4. The van der Waals surface area contributed by atoms with E-state index in [1.165, 1.54) is 26.9 Å². The van der Waals surface area contributed by atoms with E-state index in [1.807, 2.05) is 25.1 Å². The Kier molecular flexibility index (Phi) is 5.96. The maximum Gasteiger partial charge on any atom is 0.246 e. The van der Waals surface area contributed by atoms with Crippen molar-refractivity contribution >= 4 is 15.9 Å². The Morgan fingerprint density at radius 1 is 1.19 bits per heavy atom. The molecular formula is C19H26N4O3S. The van der Waals surface area contributed by atoms with Crippen molar-refractivity contribution < 1.29 is 13.2 Å². The molecule has 0 atom stereocenters. The number of hydrogen-bond donors (Lipinski definition) is 0. The van der Waals surface area contributed by atoms with Crippen LogP contribution in [0.2, 0.25) is 0 Å². The lowest BCUT2D eigenvalue weighted by atomic mass is 10.1. The fraction of sp³-hybridized carbons (Fsp3) is 0.474. The average molecular weight is 391 g/mol. The van der Waals surface area contributed by atoms with Gasteiger partial charge in [-0.25, -0.2) is 8.42 Å². The van der Waals surface area contributed by atoms with Gasteiger partial charge in [-0.3, -0.25) is 9.48 Å². The molecule has 8 heteroatoms. The van der Waals surface area contributed by atoms with Gasteiger partial charge in [0.25, 0.3) is 0 Å². The van der Waals surface area contributed by atoms with Crippen molar-refractivity contribution in [3.8, 4) is 0 Å². The molecule has 1 aliphatic heterocycles. The second-order valence-corrected chi connectivity index (χ2v) is 8.92. The van der Waals surface area contributed by atoms with E-state index < -0.39 is 10.0 Å². The molecule has 0 N–H and O–H groups in total. The van der Waals surface area contributed by atoms with Crippen molar-refractivity contribution in [3.63, 3.8) is 0 Å². The maximum absolute atomic E-state index is 12.7. The topological polar surface area (TPSA) is 75.5 Å². The molecule has 0 unspecified atom stereocenters. The van der Waals surface area contributed by atoms with E-state index in [0.29, 0.717) is 45.4 Å². The molecule has 27 heavy (non-hydrogen) atoms. The van der Waals surface area contributed by atoms with E-state index in [1.54, 1.807) is 11.9 Å². The molecule has 0 saturated carbocycles. The van der Waals surface area contributed by atoms with Gasteiger partial charge in [-0.2, -0.15) is 9.40 Å². The number of aryl methyl sites for hydroxylation is 3. The smallest absolute Gasteiger partial charge is 0.246 e. The number of carbonyl (C=O) groups is 1. The van der Waals surface area contributed by atoms with Gasteiger partial charge in [0.1, 0.15) is 4.90 Å². The van der Waals surface area contributed by atoms with E-state index >= 15 is 0 Å². The summed E-state index contributed by atoms with van der Waals surface area (Å²) in [5, 5.41) is 3.95. The first-order valence-electron chi connectivity index (χ1n) is 9.18. The SMILES string of the molecule is Cc1cccc(CCC(=O)N2CCCN(S(=O)(=O)c3cnn(C)c3)CC2)c1. The number of sulfonamides is 1. The minimum atomic E-state index is -3.56. The molecule has 2 aromatic rings. The lowest BCUT2D eigenvalue weighted by molar-refractivity contribution is -0.131. The zero-order valence-corrected chi connectivity index (χ0v) is 16.7. The van der Waals surface area contributed by atoms with Gasteiger partial charge in [0.05, 0.1) is 6.20 Å². The van der Waals surface area contributed by atoms with Crippen LogP contribution in [0.5, 0.6) is 0 Å². The summed E-state index contributed by atoms with van der Waals surface area (Å²) in [5.41, 5.74) is 2.34. The number of hydrogen-bond acceptors (Lipinski definition) is 4. The van der Waals surface area contributed by atoms with Crippen LogP contribution >= 0.6 is 0 Å². The molecule has 1 aromatic heterocycles. The third-order valence-corrected chi connectivity index (χ3v) is 6.69. The normalized spacial score (nSPS) is 16.3. The van der Waals surface area contributed by atoms with Crippen LogP contribution in [-0.2, 0) is 28.3 Å². The van der Waals surface area contributed by atoms with Crippen LogP contribution in [0.25, 0.3) is 0 Å². The first kappa shape index (κ1) is 19.6. The quantitative estimate of drug-likeness (QED) is 0.777. The molecule has 0 spiro atoms.